The molecular weight excluding hydrogens is 582 g/mol. The second kappa shape index (κ2) is 13.1. The number of benzene rings is 3. The molecule has 4 rings (SSSR count). The lowest BCUT2D eigenvalue weighted by Gasteiger charge is -2.27. The first-order chi connectivity index (χ1) is 21.0. The Morgan fingerprint density at radius 1 is 0.889 bits per heavy atom. The van der Waals surface area contributed by atoms with Gasteiger partial charge in [-0.2, -0.15) is 5.10 Å². The van der Waals surface area contributed by atoms with Crippen molar-refractivity contribution in [1.82, 2.24) is 20.2 Å². The van der Waals surface area contributed by atoms with Crippen LogP contribution in [0.5, 0.6) is 11.5 Å². The van der Waals surface area contributed by atoms with Crippen LogP contribution in [0.3, 0.4) is 0 Å². The molecule has 9 heteroatoms. The molecule has 1 amide bonds. The summed E-state index contributed by atoms with van der Waals surface area (Å²) in [4.78, 5) is 12.9. The van der Waals surface area contributed by atoms with E-state index in [4.69, 9.17) is 4.74 Å². The standard InChI is InChI=1S/C36H45N5O3S/c1-34(2,3)25-13-11-24(12-14-25)32-39-40-33(41(32)26-15-17-27(44-10)18-16-26)45-22-30(42)38-37-21-23-19-28(35(4,5)6)31(43)29(20-23)36(7,8)9/h11-21,43H,22H2,1-10H3,(H,38,42). The van der Waals surface area contributed by atoms with Crippen LogP contribution < -0.4 is 10.2 Å². The predicted octanol–water partition coefficient (Wildman–Crippen LogP) is 7.78. The third-order valence-electron chi connectivity index (χ3n) is 7.46. The molecule has 45 heavy (non-hydrogen) atoms. The van der Waals surface area contributed by atoms with Gasteiger partial charge in [0.2, 0.25) is 0 Å². The van der Waals surface area contributed by atoms with Gasteiger partial charge in [-0.05, 0) is 63.8 Å². The first-order valence-corrected chi connectivity index (χ1v) is 16.0. The number of aromatic hydroxyl groups is 1. The van der Waals surface area contributed by atoms with E-state index in [1.54, 1.807) is 13.3 Å². The van der Waals surface area contributed by atoms with E-state index in [9.17, 15) is 9.90 Å². The number of hydrogen-bond acceptors (Lipinski definition) is 7. The van der Waals surface area contributed by atoms with E-state index in [1.165, 1.54) is 17.3 Å². The average Bonchev–Trinajstić information content (AvgIpc) is 3.39. The van der Waals surface area contributed by atoms with E-state index >= 15 is 0 Å². The van der Waals surface area contributed by atoms with Crippen molar-refractivity contribution in [2.45, 2.75) is 83.7 Å². The molecule has 0 spiro atoms. The maximum atomic E-state index is 12.9. The predicted molar refractivity (Wildman–Crippen MR) is 184 cm³/mol. The van der Waals surface area contributed by atoms with Gasteiger partial charge in [0, 0.05) is 22.4 Å². The number of ether oxygens (including phenoxy) is 1. The zero-order valence-electron chi connectivity index (χ0n) is 28.0. The van der Waals surface area contributed by atoms with E-state index < -0.39 is 0 Å². The van der Waals surface area contributed by atoms with Crippen LogP contribution in [-0.4, -0.2) is 44.9 Å². The minimum absolute atomic E-state index is 0.0328. The summed E-state index contributed by atoms with van der Waals surface area (Å²) in [6.45, 7) is 18.9. The molecule has 3 aromatic carbocycles. The molecule has 0 unspecified atom stereocenters. The number of thioether (sulfide) groups is 1. The van der Waals surface area contributed by atoms with Gasteiger partial charge in [0.25, 0.3) is 5.91 Å². The number of nitrogens with zero attached hydrogens (tertiary/aromatic N) is 4. The van der Waals surface area contributed by atoms with Crippen molar-refractivity contribution < 1.29 is 14.6 Å². The quantitative estimate of drug-likeness (QED) is 0.118. The van der Waals surface area contributed by atoms with Crippen LogP contribution in [0.1, 0.15) is 84.6 Å². The molecule has 0 saturated carbocycles. The van der Waals surface area contributed by atoms with Crippen molar-refractivity contribution in [3.63, 3.8) is 0 Å². The van der Waals surface area contributed by atoms with Gasteiger partial charge < -0.3 is 9.84 Å². The summed E-state index contributed by atoms with van der Waals surface area (Å²) in [5, 5.41) is 24.8. The Balaban J connectivity index is 1.55. The fourth-order valence-electron chi connectivity index (χ4n) is 4.85. The number of rotatable bonds is 8. The maximum absolute atomic E-state index is 12.9. The minimum Gasteiger partial charge on any atom is -0.507 e. The number of amides is 1. The maximum Gasteiger partial charge on any atom is 0.250 e. The molecule has 1 heterocycles. The van der Waals surface area contributed by atoms with Gasteiger partial charge >= 0.3 is 0 Å². The summed E-state index contributed by atoms with van der Waals surface area (Å²) < 4.78 is 7.30. The smallest absolute Gasteiger partial charge is 0.250 e. The average molecular weight is 628 g/mol. The number of methoxy groups -OCH3 is 1. The summed E-state index contributed by atoms with van der Waals surface area (Å²) in [5.74, 6) is 1.54. The first kappa shape index (κ1) is 33.8. The summed E-state index contributed by atoms with van der Waals surface area (Å²) in [6.07, 6.45) is 1.62. The fourth-order valence-corrected chi connectivity index (χ4v) is 5.59. The number of carbonyl (C=O) groups is 1. The molecule has 0 radical (unpaired) electrons. The van der Waals surface area contributed by atoms with E-state index in [2.05, 4.69) is 107 Å². The van der Waals surface area contributed by atoms with Crippen molar-refractivity contribution in [3.05, 3.63) is 82.9 Å². The van der Waals surface area contributed by atoms with Crippen LogP contribution in [0.2, 0.25) is 0 Å². The third kappa shape index (κ3) is 8.14. The SMILES string of the molecule is COc1ccc(-n2c(SCC(=O)NN=Cc3cc(C(C)(C)C)c(O)c(C(C)(C)C)c3)nnc2-c2ccc(C(C)(C)C)cc2)cc1. The van der Waals surface area contributed by atoms with E-state index in [0.29, 0.717) is 16.7 Å². The Kier molecular flexibility index (Phi) is 9.82. The number of nitrogens with one attached hydrogen (secondary N) is 1. The molecule has 2 N–H and O–H groups in total. The van der Waals surface area contributed by atoms with Crippen molar-refractivity contribution in [1.29, 1.82) is 0 Å². The van der Waals surface area contributed by atoms with E-state index in [1.807, 2.05) is 41.0 Å². The summed E-state index contributed by atoms with van der Waals surface area (Å²) in [6, 6.07) is 19.8. The van der Waals surface area contributed by atoms with Crippen LogP contribution in [0, 0.1) is 0 Å². The second-order valence-electron chi connectivity index (χ2n) is 14.2. The first-order valence-electron chi connectivity index (χ1n) is 15.0. The molecule has 0 saturated heterocycles. The molecule has 0 bridgehead atoms. The van der Waals surface area contributed by atoms with Crippen LogP contribution in [0.25, 0.3) is 17.1 Å². The Bertz CT molecular complexity index is 1640. The largest absolute Gasteiger partial charge is 0.507 e. The van der Waals surface area contributed by atoms with Crippen LogP contribution in [0.4, 0.5) is 0 Å². The van der Waals surface area contributed by atoms with Crippen molar-refractivity contribution in [2.24, 2.45) is 5.10 Å². The second-order valence-corrected chi connectivity index (χ2v) is 15.2. The molecule has 4 aromatic rings. The minimum atomic E-state index is -0.275. The molecule has 0 atom stereocenters. The molecule has 0 fully saturated rings. The molecular formula is C36H45N5O3S. The lowest BCUT2D eigenvalue weighted by Crippen LogP contribution is -2.20. The highest BCUT2D eigenvalue weighted by atomic mass is 32.2. The topological polar surface area (TPSA) is 102 Å². The van der Waals surface area contributed by atoms with Gasteiger partial charge in [0.1, 0.15) is 11.5 Å². The zero-order valence-corrected chi connectivity index (χ0v) is 28.8. The molecule has 1 aromatic heterocycles. The zero-order chi connectivity index (χ0) is 33.2. The normalized spacial score (nSPS) is 12.5. The third-order valence-corrected chi connectivity index (χ3v) is 8.39. The number of carbonyl (C=O) groups excluding carboxylic acids is 1. The van der Waals surface area contributed by atoms with Gasteiger partial charge in [0.05, 0.1) is 19.1 Å². The Morgan fingerprint density at radius 3 is 1.98 bits per heavy atom. The van der Waals surface area contributed by atoms with Crippen LogP contribution >= 0.6 is 11.8 Å². The Labute approximate surface area is 271 Å². The van der Waals surface area contributed by atoms with Crippen molar-refractivity contribution in [3.8, 4) is 28.6 Å². The fraction of sp³-hybridized carbons (Fsp3) is 0.389. The van der Waals surface area contributed by atoms with Crippen LogP contribution in [-0.2, 0) is 21.0 Å². The van der Waals surface area contributed by atoms with E-state index in [0.717, 1.165) is 33.7 Å². The number of aromatic nitrogens is 3. The van der Waals surface area contributed by atoms with Gasteiger partial charge in [-0.25, -0.2) is 5.43 Å². The highest BCUT2D eigenvalue weighted by molar-refractivity contribution is 7.99. The number of phenols is 1. The Hall–Kier alpha value is -4.11. The molecule has 0 aliphatic carbocycles. The molecule has 0 aliphatic heterocycles. The van der Waals surface area contributed by atoms with Crippen molar-refractivity contribution >= 4 is 23.9 Å². The van der Waals surface area contributed by atoms with Crippen LogP contribution in [0.15, 0.2) is 70.9 Å². The number of hydrogen-bond donors (Lipinski definition) is 2. The summed E-state index contributed by atoms with van der Waals surface area (Å²) in [7, 11) is 1.63. The lowest BCUT2D eigenvalue weighted by molar-refractivity contribution is -0.118. The van der Waals surface area contributed by atoms with Gasteiger partial charge in [0.15, 0.2) is 11.0 Å². The molecule has 0 aliphatic rings. The molecule has 238 valence electrons. The highest BCUT2D eigenvalue weighted by Gasteiger charge is 2.26. The monoisotopic (exact) mass is 627 g/mol. The van der Waals surface area contributed by atoms with E-state index in [-0.39, 0.29) is 27.9 Å². The summed E-state index contributed by atoms with van der Waals surface area (Å²) in [5.41, 5.74) is 7.62. The van der Waals surface area contributed by atoms with Crippen molar-refractivity contribution in [2.75, 3.05) is 12.9 Å². The summed E-state index contributed by atoms with van der Waals surface area (Å²) >= 11 is 1.28. The van der Waals surface area contributed by atoms with Gasteiger partial charge in [-0.15, -0.1) is 10.2 Å². The van der Waals surface area contributed by atoms with Gasteiger partial charge in [-0.3, -0.25) is 9.36 Å². The molecule has 8 nitrogen and oxygen atoms in total. The highest BCUT2D eigenvalue weighted by Crippen LogP contribution is 2.39. The van der Waals surface area contributed by atoms with Gasteiger partial charge in [-0.1, -0.05) is 98.3 Å². The number of hydrazone groups is 1. The lowest BCUT2D eigenvalue weighted by atomic mass is 9.78. The Morgan fingerprint density at radius 2 is 1.47 bits per heavy atom. The number of phenolic OH excluding ortho intramolecular Hbond substituents is 1.